The van der Waals surface area contributed by atoms with Gasteiger partial charge in [0.15, 0.2) is 0 Å². The predicted octanol–water partition coefficient (Wildman–Crippen LogP) is 1.95. The van der Waals surface area contributed by atoms with Gasteiger partial charge in [0.1, 0.15) is 11.8 Å². The molecule has 1 aliphatic heterocycles. The summed E-state index contributed by atoms with van der Waals surface area (Å²) in [5.74, 6) is 0.826. The van der Waals surface area contributed by atoms with E-state index in [2.05, 4.69) is 28.7 Å². The van der Waals surface area contributed by atoms with E-state index >= 15 is 0 Å². The highest BCUT2D eigenvalue weighted by Crippen LogP contribution is 2.33. The molecule has 0 spiro atoms. The van der Waals surface area contributed by atoms with Crippen LogP contribution in [0.2, 0.25) is 0 Å². The third-order valence-electron chi connectivity index (χ3n) is 2.31. The zero-order valence-electron chi connectivity index (χ0n) is 7.46. The number of nitrogens with two attached hydrogens (primary N) is 1. The second-order valence-electron chi connectivity index (χ2n) is 3.23. The number of hydrogen-bond acceptors (Lipinski definition) is 3. The molecule has 0 saturated carbocycles. The van der Waals surface area contributed by atoms with Crippen LogP contribution in [0.3, 0.4) is 0 Å². The molecule has 0 fully saturated rings. The van der Waals surface area contributed by atoms with E-state index in [0.717, 1.165) is 21.3 Å². The number of nitrogens with zero attached hydrogens (tertiary/aromatic N) is 1. The predicted molar refractivity (Wildman–Crippen MR) is 60.9 cm³/mol. The number of nitriles is 1. The standard InChI is InChI=1S/C10H9IN2O/c11-8-4-10-7(3-6(8)5-12)9(13)1-2-14-10/h3-4,9H,1-2,13H2/t9-/m0/s1. The average molecular weight is 300 g/mol. The van der Waals surface area contributed by atoms with Gasteiger partial charge in [-0.25, -0.2) is 0 Å². The van der Waals surface area contributed by atoms with Gasteiger partial charge in [0, 0.05) is 21.6 Å². The Kier molecular flexibility index (Phi) is 2.61. The van der Waals surface area contributed by atoms with Crippen LogP contribution < -0.4 is 10.5 Å². The molecule has 3 nitrogen and oxygen atoms in total. The van der Waals surface area contributed by atoms with Gasteiger partial charge in [0.05, 0.1) is 12.2 Å². The molecule has 4 heteroatoms. The molecular weight excluding hydrogens is 291 g/mol. The Morgan fingerprint density at radius 3 is 3.07 bits per heavy atom. The number of hydrogen-bond donors (Lipinski definition) is 1. The van der Waals surface area contributed by atoms with Crippen LogP contribution in [0.5, 0.6) is 5.75 Å². The maximum atomic E-state index is 8.87. The average Bonchev–Trinajstić information content (AvgIpc) is 2.17. The summed E-state index contributed by atoms with van der Waals surface area (Å²) in [6.45, 7) is 0.663. The molecule has 0 radical (unpaired) electrons. The first-order valence-corrected chi connectivity index (χ1v) is 5.42. The lowest BCUT2D eigenvalue weighted by atomic mass is 9.99. The molecule has 0 unspecified atom stereocenters. The van der Waals surface area contributed by atoms with Crippen LogP contribution >= 0.6 is 22.6 Å². The van der Waals surface area contributed by atoms with Gasteiger partial charge in [-0.15, -0.1) is 0 Å². The Morgan fingerprint density at radius 1 is 1.57 bits per heavy atom. The van der Waals surface area contributed by atoms with Crippen LogP contribution in [-0.4, -0.2) is 6.61 Å². The van der Waals surface area contributed by atoms with Crippen molar-refractivity contribution in [3.8, 4) is 11.8 Å². The molecular formula is C10H9IN2O. The Balaban J connectivity index is 2.56. The number of benzene rings is 1. The van der Waals surface area contributed by atoms with E-state index in [4.69, 9.17) is 15.7 Å². The summed E-state index contributed by atoms with van der Waals surface area (Å²) in [5.41, 5.74) is 7.55. The van der Waals surface area contributed by atoms with Crippen molar-refractivity contribution in [2.45, 2.75) is 12.5 Å². The van der Waals surface area contributed by atoms with Gasteiger partial charge in [-0.3, -0.25) is 0 Å². The van der Waals surface area contributed by atoms with Gasteiger partial charge < -0.3 is 10.5 Å². The van der Waals surface area contributed by atoms with E-state index in [-0.39, 0.29) is 6.04 Å². The minimum atomic E-state index is 0.00264. The summed E-state index contributed by atoms with van der Waals surface area (Å²) >= 11 is 2.13. The van der Waals surface area contributed by atoms with E-state index < -0.39 is 0 Å². The van der Waals surface area contributed by atoms with Gasteiger partial charge in [0.2, 0.25) is 0 Å². The van der Waals surface area contributed by atoms with Crippen LogP contribution in [0.15, 0.2) is 12.1 Å². The third-order valence-corrected chi connectivity index (χ3v) is 3.20. The summed E-state index contributed by atoms with van der Waals surface area (Å²) in [6.07, 6.45) is 0.818. The monoisotopic (exact) mass is 300 g/mol. The van der Waals surface area contributed by atoms with Crippen LogP contribution in [0.25, 0.3) is 0 Å². The molecule has 0 bridgehead atoms. The summed E-state index contributed by atoms with van der Waals surface area (Å²) in [7, 11) is 0. The van der Waals surface area contributed by atoms with E-state index in [0.29, 0.717) is 12.2 Å². The lowest BCUT2D eigenvalue weighted by Gasteiger charge is -2.23. The molecule has 1 aromatic carbocycles. The maximum Gasteiger partial charge on any atom is 0.125 e. The largest absolute Gasteiger partial charge is 0.493 e. The molecule has 1 atom stereocenters. The Bertz CT molecular complexity index is 411. The zero-order chi connectivity index (χ0) is 10.1. The number of ether oxygens (including phenoxy) is 1. The molecule has 2 N–H and O–H groups in total. The fraction of sp³-hybridized carbons (Fsp3) is 0.300. The van der Waals surface area contributed by atoms with Crippen molar-refractivity contribution < 1.29 is 4.74 Å². The molecule has 0 aromatic heterocycles. The van der Waals surface area contributed by atoms with Crippen LogP contribution in [0.1, 0.15) is 23.6 Å². The lowest BCUT2D eigenvalue weighted by Crippen LogP contribution is -2.20. The third kappa shape index (κ3) is 1.57. The topological polar surface area (TPSA) is 59.0 Å². The number of rotatable bonds is 0. The molecule has 1 aromatic rings. The second-order valence-corrected chi connectivity index (χ2v) is 4.39. The summed E-state index contributed by atoms with van der Waals surface area (Å²) < 4.78 is 6.39. The minimum absolute atomic E-state index is 0.00264. The number of fused-ring (bicyclic) bond motifs is 1. The van der Waals surface area contributed by atoms with Crippen molar-refractivity contribution >= 4 is 22.6 Å². The van der Waals surface area contributed by atoms with Crippen molar-refractivity contribution in [2.75, 3.05) is 6.61 Å². The molecule has 14 heavy (non-hydrogen) atoms. The molecule has 1 heterocycles. The van der Waals surface area contributed by atoms with Gasteiger partial charge in [0.25, 0.3) is 0 Å². The van der Waals surface area contributed by atoms with Crippen LogP contribution in [0.4, 0.5) is 0 Å². The maximum absolute atomic E-state index is 8.87. The first-order chi connectivity index (χ1) is 6.72. The van der Waals surface area contributed by atoms with E-state index in [1.54, 1.807) is 0 Å². The fourth-order valence-corrected chi connectivity index (χ4v) is 2.08. The van der Waals surface area contributed by atoms with Crippen LogP contribution in [0, 0.1) is 14.9 Å². The molecule has 0 saturated heterocycles. The van der Waals surface area contributed by atoms with Gasteiger partial charge in [-0.1, -0.05) is 0 Å². The Labute approximate surface area is 96.0 Å². The summed E-state index contributed by atoms with van der Waals surface area (Å²) in [4.78, 5) is 0. The highest BCUT2D eigenvalue weighted by atomic mass is 127. The van der Waals surface area contributed by atoms with Gasteiger partial charge in [-0.2, -0.15) is 5.26 Å². The van der Waals surface area contributed by atoms with Crippen molar-refractivity contribution in [3.63, 3.8) is 0 Å². The van der Waals surface area contributed by atoms with E-state index in [9.17, 15) is 0 Å². The van der Waals surface area contributed by atoms with E-state index in [1.165, 1.54) is 0 Å². The molecule has 72 valence electrons. The summed E-state index contributed by atoms with van der Waals surface area (Å²) in [5, 5.41) is 8.87. The highest BCUT2D eigenvalue weighted by molar-refractivity contribution is 14.1. The highest BCUT2D eigenvalue weighted by Gasteiger charge is 2.19. The van der Waals surface area contributed by atoms with Crippen molar-refractivity contribution in [2.24, 2.45) is 5.73 Å². The molecule has 0 aliphatic carbocycles. The van der Waals surface area contributed by atoms with Crippen LogP contribution in [-0.2, 0) is 0 Å². The smallest absolute Gasteiger partial charge is 0.125 e. The molecule has 0 amide bonds. The van der Waals surface area contributed by atoms with Gasteiger partial charge >= 0.3 is 0 Å². The van der Waals surface area contributed by atoms with Crippen molar-refractivity contribution in [3.05, 3.63) is 26.8 Å². The molecule has 2 rings (SSSR count). The number of halogens is 1. The quantitative estimate of drug-likeness (QED) is 0.745. The zero-order valence-corrected chi connectivity index (χ0v) is 9.61. The Hall–Kier alpha value is -0.800. The SMILES string of the molecule is N#Cc1cc2c(cc1I)OCC[C@@H]2N. The minimum Gasteiger partial charge on any atom is -0.493 e. The van der Waals surface area contributed by atoms with E-state index in [1.807, 2.05) is 12.1 Å². The normalized spacial score (nSPS) is 19.4. The first kappa shape index (κ1) is 9.74. The Morgan fingerprint density at radius 2 is 2.36 bits per heavy atom. The summed E-state index contributed by atoms with van der Waals surface area (Å²) in [6, 6.07) is 5.87. The van der Waals surface area contributed by atoms with Crippen molar-refractivity contribution in [1.29, 1.82) is 5.26 Å². The fourth-order valence-electron chi connectivity index (χ4n) is 1.52. The lowest BCUT2D eigenvalue weighted by molar-refractivity contribution is 0.269. The molecule has 1 aliphatic rings. The second kappa shape index (κ2) is 3.75. The van der Waals surface area contributed by atoms with Gasteiger partial charge in [-0.05, 0) is 34.7 Å². The van der Waals surface area contributed by atoms with Crippen molar-refractivity contribution in [1.82, 2.24) is 0 Å². The first-order valence-electron chi connectivity index (χ1n) is 4.34.